The Labute approximate surface area is 98.4 Å². The third-order valence-electron chi connectivity index (χ3n) is 1.82. The number of rotatable bonds is 3. The fraction of sp³-hybridized carbons (Fsp3) is 0.111. The van der Waals surface area contributed by atoms with Gasteiger partial charge in [-0.15, -0.1) is 16.7 Å². The molecule has 2 rings (SSSR count). The molecule has 1 N–H and O–H groups in total. The average molecular weight is 264 g/mol. The summed E-state index contributed by atoms with van der Waals surface area (Å²) in [7, 11) is 0. The molecule has 17 heavy (non-hydrogen) atoms. The first-order valence-corrected chi connectivity index (χ1v) is 4.93. The highest BCUT2D eigenvalue weighted by molar-refractivity contribution is 6.16. The molecule has 0 aliphatic rings. The smallest absolute Gasteiger partial charge is 0.320 e. The van der Waals surface area contributed by atoms with Gasteiger partial charge in [0.15, 0.2) is 11.6 Å². The maximum absolute atomic E-state index is 13.2. The quantitative estimate of drug-likeness (QED) is 0.865. The van der Waals surface area contributed by atoms with Gasteiger partial charge in [0.2, 0.25) is 5.89 Å². The molecule has 0 saturated carbocycles. The van der Waals surface area contributed by atoms with E-state index in [0.717, 1.165) is 0 Å². The number of nitrogens with one attached hydrogen (secondary N) is 1. The topological polar surface area (TPSA) is 51.0 Å². The Morgan fingerprint density at radius 2 is 1.82 bits per heavy atom. The second-order valence-electron chi connectivity index (χ2n) is 3.00. The average Bonchev–Trinajstić information content (AvgIpc) is 2.71. The largest absolute Gasteiger partial charge is 0.407 e. The minimum Gasteiger partial charge on any atom is -0.407 e. The van der Waals surface area contributed by atoms with Crippen LogP contribution in [0.1, 0.15) is 5.89 Å². The van der Waals surface area contributed by atoms with Crippen molar-refractivity contribution in [1.29, 1.82) is 0 Å². The van der Waals surface area contributed by atoms with Gasteiger partial charge in [-0.2, -0.15) is 0 Å². The lowest BCUT2D eigenvalue weighted by Crippen LogP contribution is -1.98. The molecule has 0 amide bonds. The minimum absolute atomic E-state index is 0.0247. The van der Waals surface area contributed by atoms with E-state index in [-0.39, 0.29) is 17.8 Å². The number of aromatic nitrogens is 2. The zero-order chi connectivity index (χ0) is 12.4. The van der Waals surface area contributed by atoms with Crippen LogP contribution in [0.3, 0.4) is 0 Å². The molecule has 0 bridgehead atoms. The van der Waals surface area contributed by atoms with Crippen molar-refractivity contribution >= 4 is 23.3 Å². The fourth-order valence-electron chi connectivity index (χ4n) is 1.13. The number of anilines is 2. The number of nitrogens with zero attached hydrogens (tertiary/aromatic N) is 2. The van der Waals surface area contributed by atoms with Crippen LogP contribution in [0.5, 0.6) is 0 Å². The summed E-state index contributed by atoms with van der Waals surface area (Å²) < 4.78 is 44.0. The monoisotopic (exact) mass is 263 g/mol. The van der Waals surface area contributed by atoms with Gasteiger partial charge in [-0.05, 0) is 0 Å². The maximum Gasteiger partial charge on any atom is 0.320 e. The first-order valence-electron chi connectivity index (χ1n) is 4.40. The summed E-state index contributed by atoms with van der Waals surface area (Å²) in [6.07, 6.45) is 0. The van der Waals surface area contributed by atoms with Crippen LogP contribution in [0, 0.1) is 17.5 Å². The van der Waals surface area contributed by atoms with Gasteiger partial charge in [-0.3, -0.25) is 0 Å². The van der Waals surface area contributed by atoms with E-state index >= 15 is 0 Å². The number of benzene rings is 1. The normalized spacial score (nSPS) is 10.6. The van der Waals surface area contributed by atoms with E-state index in [0.29, 0.717) is 12.1 Å². The van der Waals surface area contributed by atoms with Crippen LogP contribution in [-0.2, 0) is 5.88 Å². The lowest BCUT2D eigenvalue weighted by Gasteiger charge is -2.04. The zero-order valence-electron chi connectivity index (χ0n) is 8.18. The highest BCUT2D eigenvalue weighted by Crippen LogP contribution is 2.23. The molecule has 0 aliphatic carbocycles. The molecule has 1 aromatic carbocycles. The molecule has 1 heterocycles. The molecule has 0 aliphatic heterocycles. The van der Waals surface area contributed by atoms with E-state index in [1.165, 1.54) is 0 Å². The Morgan fingerprint density at radius 1 is 1.18 bits per heavy atom. The first-order chi connectivity index (χ1) is 8.10. The van der Waals surface area contributed by atoms with Crippen molar-refractivity contribution in [1.82, 2.24) is 10.2 Å². The fourth-order valence-corrected chi connectivity index (χ4v) is 1.23. The van der Waals surface area contributed by atoms with Crippen LogP contribution in [0.4, 0.5) is 24.9 Å². The van der Waals surface area contributed by atoms with E-state index in [2.05, 4.69) is 15.5 Å². The number of hydrogen-bond donors (Lipinski definition) is 1. The molecule has 2 aromatic rings. The predicted molar refractivity (Wildman–Crippen MR) is 53.5 cm³/mol. The third-order valence-corrected chi connectivity index (χ3v) is 2.05. The standard InChI is InChI=1S/C9H5ClF3N3O/c10-3-7-15-16-9(17-7)14-8-5(12)1-4(11)2-6(8)13/h1-2H,3H2,(H,14,16). The van der Waals surface area contributed by atoms with E-state index < -0.39 is 23.1 Å². The molecule has 0 spiro atoms. The lowest BCUT2D eigenvalue weighted by atomic mass is 10.3. The van der Waals surface area contributed by atoms with E-state index in [1.54, 1.807) is 0 Å². The van der Waals surface area contributed by atoms with E-state index in [9.17, 15) is 13.2 Å². The SMILES string of the molecule is Fc1cc(F)c(Nc2nnc(CCl)o2)c(F)c1. The van der Waals surface area contributed by atoms with Crippen molar-refractivity contribution in [3.8, 4) is 0 Å². The molecule has 8 heteroatoms. The van der Waals surface area contributed by atoms with Gasteiger partial charge < -0.3 is 9.73 Å². The Balaban J connectivity index is 2.29. The molecule has 90 valence electrons. The van der Waals surface area contributed by atoms with Gasteiger partial charge in [0, 0.05) is 12.1 Å². The van der Waals surface area contributed by atoms with Crippen molar-refractivity contribution in [3.63, 3.8) is 0 Å². The van der Waals surface area contributed by atoms with Gasteiger partial charge in [-0.1, -0.05) is 5.10 Å². The number of hydrogen-bond acceptors (Lipinski definition) is 4. The summed E-state index contributed by atoms with van der Waals surface area (Å²) in [5.41, 5.74) is -0.573. The van der Waals surface area contributed by atoms with Crippen molar-refractivity contribution in [3.05, 3.63) is 35.5 Å². The van der Waals surface area contributed by atoms with Crippen LogP contribution in [0.15, 0.2) is 16.5 Å². The Hall–Kier alpha value is -1.76. The zero-order valence-corrected chi connectivity index (χ0v) is 8.93. The van der Waals surface area contributed by atoms with Crippen molar-refractivity contribution in [2.24, 2.45) is 0 Å². The van der Waals surface area contributed by atoms with Crippen LogP contribution in [0.25, 0.3) is 0 Å². The molecular weight excluding hydrogens is 259 g/mol. The number of halogens is 4. The summed E-state index contributed by atoms with van der Waals surface area (Å²) >= 11 is 5.40. The van der Waals surface area contributed by atoms with Gasteiger partial charge in [-0.25, -0.2) is 13.2 Å². The molecule has 0 atom stereocenters. The summed E-state index contributed by atoms with van der Waals surface area (Å²) in [5, 5.41) is 9.13. The molecule has 0 saturated heterocycles. The highest BCUT2D eigenvalue weighted by atomic mass is 35.5. The van der Waals surface area contributed by atoms with Crippen LogP contribution >= 0.6 is 11.6 Å². The van der Waals surface area contributed by atoms with Crippen LogP contribution in [0.2, 0.25) is 0 Å². The molecular formula is C9H5ClF3N3O. The molecule has 4 nitrogen and oxygen atoms in total. The second kappa shape index (κ2) is 4.62. The summed E-state index contributed by atoms with van der Waals surface area (Å²) in [5.74, 6) is -3.15. The maximum atomic E-state index is 13.2. The van der Waals surface area contributed by atoms with E-state index in [1.807, 2.05) is 0 Å². The Morgan fingerprint density at radius 3 is 2.35 bits per heavy atom. The second-order valence-corrected chi connectivity index (χ2v) is 3.27. The highest BCUT2D eigenvalue weighted by Gasteiger charge is 2.14. The van der Waals surface area contributed by atoms with Crippen molar-refractivity contribution < 1.29 is 17.6 Å². The molecule has 0 radical (unpaired) electrons. The molecule has 1 aromatic heterocycles. The van der Waals surface area contributed by atoms with Gasteiger partial charge in [0.05, 0.1) is 0 Å². The lowest BCUT2D eigenvalue weighted by molar-refractivity contribution is 0.522. The Kier molecular flexibility index (Phi) is 3.19. The van der Waals surface area contributed by atoms with E-state index in [4.69, 9.17) is 16.0 Å². The van der Waals surface area contributed by atoms with Crippen LogP contribution in [-0.4, -0.2) is 10.2 Å². The van der Waals surface area contributed by atoms with Gasteiger partial charge in [0.25, 0.3) is 0 Å². The predicted octanol–water partition coefficient (Wildman–Crippen LogP) is 2.97. The summed E-state index contributed by atoms with van der Waals surface area (Å²) in [6.45, 7) is 0. The minimum atomic E-state index is -1.10. The molecule has 0 unspecified atom stereocenters. The van der Waals surface area contributed by atoms with Crippen molar-refractivity contribution in [2.75, 3.05) is 5.32 Å². The van der Waals surface area contributed by atoms with Gasteiger partial charge in [0.1, 0.15) is 17.4 Å². The Bertz CT molecular complexity index is 523. The van der Waals surface area contributed by atoms with Gasteiger partial charge >= 0.3 is 6.01 Å². The van der Waals surface area contributed by atoms with Crippen LogP contribution < -0.4 is 5.32 Å². The summed E-state index contributed by atoms with van der Waals surface area (Å²) in [6, 6.07) is 0.833. The number of alkyl halides is 1. The first kappa shape index (κ1) is 11.7. The molecule has 0 fully saturated rings. The summed E-state index contributed by atoms with van der Waals surface area (Å²) in [4.78, 5) is 0. The third kappa shape index (κ3) is 2.50. The van der Waals surface area contributed by atoms with Crippen molar-refractivity contribution in [2.45, 2.75) is 5.88 Å².